The molecule has 0 aliphatic carbocycles. The SMILES string of the molecule is O=C(c1cccc(CSc2ccc(-c3ccc(F)cc3)nn2)c1)N1CCN(Cc2ccccc2)CC1. The van der Waals surface area contributed by atoms with Gasteiger partial charge in [0.05, 0.1) is 5.69 Å². The summed E-state index contributed by atoms with van der Waals surface area (Å²) in [5, 5.41) is 9.37. The molecule has 3 aromatic carbocycles. The Bertz CT molecular complexity index is 1290. The first-order valence-electron chi connectivity index (χ1n) is 12.0. The molecular formula is C29H27FN4OS. The predicted octanol–water partition coefficient (Wildman–Crippen LogP) is 5.53. The van der Waals surface area contributed by atoms with Crippen molar-refractivity contribution in [2.75, 3.05) is 26.2 Å². The van der Waals surface area contributed by atoms with Crippen LogP contribution >= 0.6 is 11.8 Å². The van der Waals surface area contributed by atoms with Gasteiger partial charge in [-0.25, -0.2) is 4.39 Å². The third-order valence-corrected chi connectivity index (χ3v) is 7.24. The molecule has 1 aromatic heterocycles. The first-order chi connectivity index (χ1) is 17.6. The Labute approximate surface area is 215 Å². The van der Waals surface area contributed by atoms with Crippen molar-refractivity contribution in [3.05, 3.63) is 114 Å². The maximum absolute atomic E-state index is 13.1. The van der Waals surface area contributed by atoms with Crippen molar-refractivity contribution in [1.82, 2.24) is 20.0 Å². The lowest BCUT2D eigenvalue weighted by Gasteiger charge is -2.34. The smallest absolute Gasteiger partial charge is 0.253 e. The molecule has 0 N–H and O–H groups in total. The maximum atomic E-state index is 13.1. The van der Waals surface area contributed by atoms with Crippen LogP contribution in [-0.4, -0.2) is 52.1 Å². The maximum Gasteiger partial charge on any atom is 0.253 e. The van der Waals surface area contributed by atoms with Crippen LogP contribution in [0.4, 0.5) is 4.39 Å². The summed E-state index contributed by atoms with van der Waals surface area (Å²) in [7, 11) is 0. The number of hydrogen-bond acceptors (Lipinski definition) is 5. The third kappa shape index (κ3) is 6.17. The van der Waals surface area contributed by atoms with Crippen molar-refractivity contribution in [1.29, 1.82) is 0 Å². The van der Waals surface area contributed by atoms with Crippen LogP contribution in [0.5, 0.6) is 0 Å². The molecule has 1 aliphatic heterocycles. The van der Waals surface area contributed by atoms with Crippen LogP contribution in [0.1, 0.15) is 21.5 Å². The fourth-order valence-electron chi connectivity index (χ4n) is 4.26. The van der Waals surface area contributed by atoms with Gasteiger partial charge in [-0.05, 0) is 59.7 Å². The van der Waals surface area contributed by atoms with Crippen molar-refractivity contribution in [3.8, 4) is 11.3 Å². The number of carbonyl (C=O) groups excluding carboxylic acids is 1. The van der Waals surface area contributed by atoms with Crippen molar-refractivity contribution >= 4 is 17.7 Å². The molecule has 5 rings (SSSR count). The summed E-state index contributed by atoms with van der Waals surface area (Å²) in [5.41, 5.74) is 4.63. The van der Waals surface area contributed by atoms with Gasteiger partial charge >= 0.3 is 0 Å². The molecule has 1 amide bonds. The summed E-state index contributed by atoms with van der Waals surface area (Å²) in [5.74, 6) is 0.505. The number of amides is 1. The van der Waals surface area contributed by atoms with Gasteiger partial charge in [0.25, 0.3) is 5.91 Å². The predicted molar refractivity (Wildman–Crippen MR) is 141 cm³/mol. The van der Waals surface area contributed by atoms with Crippen LogP contribution in [0.25, 0.3) is 11.3 Å². The highest BCUT2D eigenvalue weighted by Crippen LogP contribution is 2.24. The molecule has 4 aromatic rings. The van der Waals surface area contributed by atoms with E-state index in [-0.39, 0.29) is 11.7 Å². The molecule has 1 saturated heterocycles. The minimum Gasteiger partial charge on any atom is -0.336 e. The van der Waals surface area contributed by atoms with Crippen LogP contribution in [0.15, 0.2) is 96.0 Å². The van der Waals surface area contributed by atoms with Gasteiger partial charge in [-0.3, -0.25) is 9.69 Å². The zero-order valence-corrected chi connectivity index (χ0v) is 20.7. The van der Waals surface area contributed by atoms with Gasteiger partial charge in [0.15, 0.2) is 0 Å². The number of thioether (sulfide) groups is 1. The van der Waals surface area contributed by atoms with E-state index in [9.17, 15) is 9.18 Å². The topological polar surface area (TPSA) is 49.3 Å². The molecule has 5 nitrogen and oxygen atoms in total. The summed E-state index contributed by atoms with van der Waals surface area (Å²) < 4.78 is 13.1. The van der Waals surface area contributed by atoms with Crippen LogP contribution in [0, 0.1) is 5.82 Å². The number of benzene rings is 3. The second kappa shape index (κ2) is 11.5. The molecule has 0 radical (unpaired) electrons. The minimum absolute atomic E-state index is 0.0876. The molecule has 0 atom stereocenters. The highest BCUT2D eigenvalue weighted by Gasteiger charge is 2.22. The molecular weight excluding hydrogens is 471 g/mol. The van der Waals surface area contributed by atoms with Crippen LogP contribution in [0.3, 0.4) is 0 Å². The average molecular weight is 499 g/mol. The Morgan fingerprint density at radius 2 is 1.56 bits per heavy atom. The Kier molecular flexibility index (Phi) is 7.69. The zero-order chi connectivity index (χ0) is 24.7. The first-order valence-corrected chi connectivity index (χ1v) is 13.0. The summed E-state index contributed by atoms with van der Waals surface area (Å²) >= 11 is 1.57. The van der Waals surface area contributed by atoms with Crippen molar-refractivity contribution in [2.45, 2.75) is 17.3 Å². The number of rotatable bonds is 7. The number of piperazine rings is 1. The van der Waals surface area contributed by atoms with E-state index in [4.69, 9.17) is 0 Å². The Hall–Kier alpha value is -3.55. The minimum atomic E-state index is -0.273. The average Bonchev–Trinajstić information content (AvgIpc) is 2.93. The van der Waals surface area contributed by atoms with E-state index in [0.29, 0.717) is 11.4 Å². The molecule has 1 fully saturated rings. The molecule has 0 spiro atoms. The molecule has 0 bridgehead atoms. The highest BCUT2D eigenvalue weighted by atomic mass is 32.2. The van der Waals surface area contributed by atoms with E-state index in [1.54, 1.807) is 23.9 Å². The molecule has 0 saturated carbocycles. The van der Waals surface area contributed by atoms with Gasteiger partial charge in [0, 0.05) is 49.6 Å². The Morgan fingerprint density at radius 1 is 0.806 bits per heavy atom. The van der Waals surface area contributed by atoms with E-state index in [1.807, 2.05) is 47.4 Å². The number of nitrogens with zero attached hydrogens (tertiary/aromatic N) is 4. The van der Waals surface area contributed by atoms with Gasteiger partial charge in [0.2, 0.25) is 0 Å². The van der Waals surface area contributed by atoms with Crippen molar-refractivity contribution < 1.29 is 9.18 Å². The van der Waals surface area contributed by atoms with E-state index in [0.717, 1.165) is 54.4 Å². The number of halogens is 1. The number of carbonyl (C=O) groups is 1. The molecule has 7 heteroatoms. The number of hydrogen-bond donors (Lipinski definition) is 0. The lowest BCUT2D eigenvalue weighted by Crippen LogP contribution is -2.48. The van der Waals surface area contributed by atoms with Crippen LogP contribution in [-0.2, 0) is 12.3 Å². The van der Waals surface area contributed by atoms with Crippen LogP contribution in [0.2, 0.25) is 0 Å². The normalized spacial score (nSPS) is 14.1. The summed E-state index contributed by atoms with van der Waals surface area (Å²) in [6.45, 7) is 4.15. The van der Waals surface area contributed by atoms with Crippen LogP contribution < -0.4 is 0 Å². The summed E-state index contributed by atoms with van der Waals surface area (Å²) in [4.78, 5) is 17.5. The van der Waals surface area contributed by atoms with E-state index >= 15 is 0 Å². The lowest BCUT2D eigenvalue weighted by molar-refractivity contribution is 0.0628. The molecule has 182 valence electrons. The van der Waals surface area contributed by atoms with Gasteiger partial charge < -0.3 is 4.90 Å². The highest BCUT2D eigenvalue weighted by molar-refractivity contribution is 7.98. The fraction of sp³-hybridized carbons (Fsp3) is 0.207. The molecule has 36 heavy (non-hydrogen) atoms. The molecule has 1 aliphatic rings. The largest absolute Gasteiger partial charge is 0.336 e. The van der Waals surface area contributed by atoms with Crippen molar-refractivity contribution in [2.24, 2.45) is 0 Å². The van der Waals surface area contributed by atoms with Crippen molar-refractivity contribution in [3.63, 3.8) is 0 Å². The molecule has 2 heterocycles. The van der Waals surface area contributed by atoms with Gasteiger partial charge in [-0.15, -0.1) is 10.2 Å². The standard InChI is InChI=1S/C29H27FN4OS/c30-26-11-9-24(10-12-26)27-13-14-28(32-31-27)36-21-23-7-4-8-25(19-23)29(35)34-17-15-33(16-18-34)20-22-5-2-1-3-6-22/h1-14,19H,15-18,20-21H2. The van der Waals surface area contributed by atoms with E-state index in [1.165, 1.54) is 17.7 Å². The van der Waals surface area contributed by atoms with E-state index < -0.39 is 0 Å². The first kappa shape index (κ1) is 24.2. The molecule has 0 unspecified atom stereocenters. The summed E-state index contributed by atoms with van der Waals surface area (Å²) in [6.07, 6.45) is 0. The fourth-order valence-corrected chi connectivity index (χ4v) is 5.01. The van der Waals surface area contributed by atoms with Gasteiger partial charge in [-0.1, -0.05) is 54.2 Å². The lowest BCUT2D eigenvalue weighted by atomic mass is 10.1. The second-order valence-electron chi connectivity index (χ2n) is 8.81. The van der Waals surface area contributed by atoms with Gasteiger partial charge in [-0.2, -0.15) is 0 Å². The quantitative estimate of drug-likeness (QED) is 0.314. The summed E-state index contributed by atoms with van der Waals surface area (Å²) in [6, 6.07) is 28.3. The third-order valence-electron chi connectivity index (χ3n) is 6.25. The monoisotopic (exact) mass is 498 g/mol. The zero-order valence-electron chi connectivity index (χ0n) is 19.9. The number of aromatic nitrogens is 2. The second-order valence-corrected chi connectivity index (χ2v) is 9.80. The Morgan fingerprint density at radius 3 is 2.28 bits per heavy atom. The van der Waals surface area contributed by atoms with Gasteiger partial charge in [0.1, 0.15) is 10.8 Å². The Balaban J connectivity index is 1.14. The van der Waals surface area contributed by atoms with E-state index in [2.05, 4.69) is 39.4 Å².